The zero-order valence-corrected chi connectivity index (χ0v) is 9.92. The molecule has 6 heteroatoms. The third-order valence-electron chi connectivity index (χ3n) is 3.63. The predicted molar refractivity (Wildman–Crippen MR) is 59.0 cm³/mol. The number of rotatable bonds is 3. The fourth-order valence-corrected chi connectivity index (χ4v) is 2.52. The molecule has 0 heterocycles. The third-order valence-corrected chi connectivity index (χ3v) is 3.63. The molecule has 104 valence electrons. The fourth-order valence-electron chi connectivity index (χ4n) is 2.52. The van der Waals surface area contributed by atoms with Gasteiger partial charge in [-0.25, -0.2) is 8.78 Å². The summed E-state index contributed by atoms with van der Waals surface area (Å²) in [7, 11) is 0. The normalized spacial score (nSPS) is 28.8. The lowest BCUT2D eigenvalue weighted by atomic mass is 9.80. The average Bonchev–Trinajstić information content (AvgIpc) is 2.64. The van der Waals surface area contributed by atoms with Crippen LogP contribution in [0.3, 0.4) is 0 Å². The highest BCUT2D eigenvalue weighted by Crippen LogP contribution is 2.47. The molecule has 1 aromatic rings. The number of benzene rings is 1. The molecule has 0 saturated heterocycles. The Balaban J connectivity index is 2.40. The molecule has 0 spiro atoms. The number of carbonyl (C=O) groups is 1. The number of halogens is 2. The Labute approximate surface area is 108 Å². The van der Waals surface area contributed by atoms with Crippen molar-refractivity contribution in [2.75, 3.05) is 0 Å². The van der Waals surface area contributed by atoms with Gasteiger partial charge in [0.2, 0.25) is 0 Å². The summed E-state index contributed by atoms with van der Waals surface area (Å²) in [5, 5.41) is 30.8. The zero-order chi connectivity index (χ0) is 14.3. The number of hydrogen-bond donors (Lipinski definition) is 2. The molecule has 2 N–H and O–H groups in total. The van der Waals surface area contributed by atoms with E-state index in [-0.39, 0.29) is 5.56 Å². The number of hydrogen-bond acceptors (Lipinski definition) is 4. The van der Waals surface area contributed by atoms with Gasteiger partial charge in [-0.15, -0.1) is 0 Å². The van der Waals surface area contributed by atoms with E-state index in [4.69, 9.17) is 0 Å². The molecule has 1 aromatic carbocycles. The lowest BCUT2D eigenvalue weighted by Gasteiger charge is -2.35. The summed E-state index contributed by atoms with van der Waals surface area (Å²) in [4.78, 5) is 11.2. The van der Waals surface area contributed by atoms with E-state index in [0.717, 1.165) is 0 Å². The van der Waals surface area contributed by atoms with Crippen LogP contribution in [0.1, 0.15) is 18.4 Å². The maximum absolute atomic E-state index is 13.3. The Bertz CT molecular complexity index is 477. The molecule has 0 bridgehead atoms. The number of carboxylic acid groups (broad SMARTS) is 1. The minimum absolute atomic E-state index is 0.0232. The first kappa shape index (κ1) is 13.9. The van der Waals surface area contributed by atoms with E-state index in [0.29, 0.717) is 0 Å². The van der Waals surface area contributed by atoms with E-state index in [1.54, 1.807) is 6.07 Å². The first-order chi connectivity index (χ1) is 8.78. The van der Waals surface area contributed by atoms with E-state index in [1.807, 2.05) is 0 Å². The van der Waals surface area contributed by atoms with E-state index in [9.17, 15) is 28.9 Å². The monoisotopic (exact) mass is 271 g/mol. The molecule has 0 aromatic heterocycles. The van der Waals surface area contributed by atoms with Crippen LogP contribution in [0, 0.1) is 5.92 Å². The molecule has 0 aliphatic heterocycles. The first-order valence-corrected chi connectivity index (χ1v) is 5.83. The summed E-state index contributed by atoms with van der Waals surface area (Å²) >= 11 is 0. The summed E-state index contributed by atoms with van der Waals surface area (Å²) < 4.78 is 26.6. The van der Waals surface area contributed by atoms with Crippen molar-refractivity contribution in [1.29, 1.82) is 0 Å². The van der Waals surface area contributed by atoms with Crippen LogP contribution in [0.2, 0.25) is 0 Å². The van der Waals surface area contributed by atoms with Crippen molar-refractivity contribution in [1.82, 2.24) is 0 Å². The van der Waals surface area contributed by atoms with Gasteiger partial charge in [-0.3, -0.25) is 0 Å². The molecule has 1 fully saturated rings. The molecule has 19 heavy (non-hydrogen) atoms. The molecular weight excluding hydrogens is 258 g/mol. The molecule has 1 saturated carbocycles. The van der Waals surface area contributed by atoms with Crippen molar-refractivity contribution < 1.29 is 28.9 Å². The van der Waals surface area contributed by atoms with Crippen molar-refractivity contribution >= 4 is 5.97 Å². The van der Waals surface area contributed by atoms with Crippen molar-refractivity contribution in [3.8, 4) is 0 Å². The van der Waals surface area contributed by atoms with Gasteiger partial charge in [-0.05, 0) is 12.0 Å². The Morgan fingerprint density at radius 3 is 2.37 bits per heavy atom. The highest BCUT2D eigenvalue weighted by atomic mass is 19.3. The second-order valence-electron chi connectivity index (χ2n) is 4.83. The summed E-state index contributed by atoms with van der Waals surface area (Å²) in [5.41, 5.74) is -2.55. The van der Waals surface area contributed by atoms with E-state index < -0.39 is 42.4 Å². The Morgan fingerprint density at radius 2 is 1.95 bits per heavy atom. The Morgan fingerprint density at radius 1 is 1.37 bits per heavy atom. The van der Waals surface area contributed by atoms with Gasteiger partial charge < -0.3 is 20.1 Å². The SMILES string of the molecule is O=C([O-])[C@](O)(c1ccccc1)[C@@H]1C[C@@H](O)C(F)(F)C1. The van der Waals surface area contributed by atoms with Gasteiger partial charge in [-0.2, -0.15) is 0 Å². The van der Waals surface area contributed by atoms with Gasteiger partial charge >= 0.3 is 0 Å². The number of carboxylic acids is 1. The van der Waals surface area contributed by atoms with Gasteiger partial charge in [-0.1, -0.05) is 30.3 Å². The fraction of sp³-hybridized carbons (Fsp3) is 0.462. The molecule has 0 amide bonds. The molecular formula is C13H13F2O4-. The molecule has 1 aliphatic carbocycles. The van der Waals surface area contributed by atoms with Gasteiger partial charge in [0.05, 0.1) is 5.97 Å². The van der Waals surface area contributed by atoms with E-state index >= 15 is 0 Å². The molecule has 3 atom stereocenters. The van der Waals surface area contributed by atoms with Crippen molar-refractivity contribution in [2.24, 2.45) is 5.92 Å². The maximum atomic E-state index is 13.3. The van der Waals surface area contributed by atoms with Crippen LogP contribution in [-0.2, 0) is 10.4 Å². The minimum atomic E-state index is -3.40. The maximum Gasteiger partial charge on any atom is 0.273 e. The van der Waals surface area contributed by atoms with Crippen LogP contribution < -0.4 is 5.11 Å². The number of aliphatic hydroxyl groups is 2. The topological polar surface area (TPSA) is 80.6 Å². The van der Waals surface area contributed by atoms with Crippen LogP contribution in [0.4, 0.5) is 8.78 Å². The van der Waals surface area contributed by atoms with Crippen molar-refractivity contribution in [2.45, 2.75) is 30.5 Å². The molecule has 0 radical (unpaired) electrons. The van der Waals surface area contributed by atoms with E-state index in [1.165, 1.54) is 24.3 Å². The minimum Gasteiger partial charge on any atom is -0.547 e. The van der Waals surface area contributed by atoms with Gasteiger partial charge in [0.1, 0.15) is 11.7 Å². The summed E-state index contributed by atoms with van der Waals surface area (Å²) in [5.74, 6) is -6.54. The molecule has 1 aliphatic rings. The van der Waals surface area contributed by atoms with Crippen molar-refractivity contribution in [3.05, 3.63) is 35.9 Å². The lowest BCUT2D eigenvalue weighted by molar-refractivity contribution is -0.330. The number of aliphatic hydroxyl groups excluding tert-OH is 1. The van der Waals surface area contributed by atoms with Gasteiger partial charge in [0, 0.05) is 12.3 Å². The second kappa shape index (κ2) is 4.54. The van der Waals surface area contributed by atoms with Crippen LogP contribution >= 0.6 is 0 Å². The number of carbonyl (C=O) groups excluding carboxylic acids is 1. The quantitative estimate of drug-likeness (QED) is 0.812. The largest absolute Gasteiger partial charge is 0.547 e. The highest BCUT2D eigenvalue weighted by Gasteiger charge is 2.55. The smallest absolute Gasteiger partial charge is 0.273 e. The highest BCUT2D eigenvalue weighted by molar-refractivity contribution is 5.77. The number of aliphatic carboxylic acids is 1. The van der Waals surface area contributed by atoms with Gasteiger partial charge in [0.25, 0.3) is 5.92 Å². The van der Waals surface area contributed by atoms with Crippen molar-refractivity contribution in [3.63, 3.8) is 0 Å². The number of alkyl halides is 2. The molecule has 0 unspecified atom stereocenters. The summed E-state index contributed by atoms with van der Waals surface area (Å²) in [6, 6.07) is 7.26. The van der Waals surface area contributed by atoms with Crippen LogP contribution in [0.25, 0.3) is 0 Å². The average molecular weight is 271 g/mol. The Kier molecular flexibility index (Phi) is 3.32. The Hall–Kier alpha value is -1.53. The second-order valence-corrected chi connectivity index (χ2v) is 4.83. The zero-order valence-electron chi connectivity index (χ0n) is 9.92. The van der Waals surface area contributed by atoms with Gasteiger partial charge in [0.15, 0.2) is 0 Å². The van der Waals surface area contributed by atoms with Crippen LogP contribution in [0.15, 0.2) is 30.3 Å². The summed E-state index contributed by atoms with van der Waals surface area (Å²) in [6.07, 6.45) is -3.34. The standard InChI is InChI=1S/C13H14F2O4/c14-12(15)7-9(6-10(12)16)13(19,11(17)18)8-4-2-1-3-5-8/h1-5,9-10,16,19H,6-7H2,(H,17,18)/p-1/t9-,10-,13+/m1/s1. The predicted octanol–water partition coefficient (Wildman–Crippen LogP) is 0.0303. The lowest BCUT2D eigenvalue weighted by Crippen LogP contribution is -2.50. The molecule has 2 rings (SSSR count). The van der Waals surface area contributed by atoms with Crippen LogP contribution in [-0.4, -0.2) is 28.2 Å². The summed E-state index contributed by atoms with van der Waals surface area (Å²) in [6.45, 7) is 0. The first-order valence-electron chi connectivity index (χ1n) is 5.83. The van der Waals surface area contributed by atoms with E-state index in [2.05, 4.69) is 0 Å². The molecule has 4 nitrogen and oxygen atoms in total. The van der Waals surface area contributed by atoms with Crippen LogP contribution in [0.5, 0.6) is 0 Å². The third kappa shape index (κ3) is 2.21.